The molecule has 41 heavy (non-hydrogen) atoms. The summed E-state index contributed by atoms with van der Waals surface area (Å²) in [4.78, 5) is 14.5. The van der Waals surface area contributed by atoms with Crippen LogP contribution in [0.3, 0.4) is 0 Å². The Morgan fingerprint density at radius 1 is 0.707 bits per heavy atom. The van der Waals surface area contributed by atoms with E-state index in [1.807, 2.05) is 62.4 Å². The molecular weight excluding hydrogens is 641 g/mol. The zero-order valence-electron chi connectivity index (χ0n) is 23.4. The Bertz CT molecular complexity index is 1730. The van der Waals surface area contributed by atoms with Crippen molar-refractivity contribution in [2.45, 2.75) is 27.2 Å². The van der Waals surface area contributed by atoms with Crippen molar-refractivity contribution in [3.8, 4) is 11.1 Å². The SMILES string of the molecule is Cc1cc(C)c(C(=O)[NH][Zr]([Cl])([Cl])([c]2cccc3c2Cc2ccccc2-3)[SiH](c2ccccc2)c2ccccc2)c(C)c1. The fraction of sp³-hybridized carbons (Fsp3) is 0.114. The molecule has 0 atom stereocenters. The minimum absolute atomic E-state index is 0.187. The van der Waals surface area contributed by atoms with Gasteiger partial charge in [0.1, 0.15) is 0 Å². The Kier molecular flexibility index (Phi) is 7.49. The van der Waals surface area contributed by atoms with Gasteiger partial charge in [0.2, 0.25) is 0 Å². The molecule has 0 bridgehead atoms. The van der Waals surface area contributed by atoms with Crippen molar-refractivity contribution in [2.75, 3.05) is 0 Å². The summed E-state index contributed by atoms with van der Waals surface area (Å²) in [6.45, 7) is 6.03. The first kappa shape index (κ1) is 28.4. The van der Waals surface area contributed by atoms with Crippen molar-refractivity contribution in [3.05, 3.63) is 149 Å². The van der Waals surface area contributed by atoms with Crippen LogP contribution in [0.1, 0.15) is 38.2 Å². The van der Waals surface area contributed by atoms with E-state index in [2.05, 4.69) is 76.9 Å². The van der Waals surface area contributed by atoms with Gasteiger partial charge in [-0.3, -0.25) is 0 Å². The summed E-state index contributed by atoms with van der Waals surface area (Å²) in [7, 11) is 16.5. The predicted molar refractivity (Wildman–Crippen MR) is 173 cm³/mol. The van der Waals surface area contributed by atoms with E-state index < -0.39 is 21.8 Å². The number of fused-ring (bicyclic) bond motifs is 3. The predicted octanol–water partition coefficient (Wildman–Crippen LogP) is 6.69. The molecule has 2 nitrogen and oxygen atoms in total. The number of nitrogens with one attached hydrogen (secondary N) is 1. The van der Waals surface area contributed by atoms with Crippen LogP contribution in [-0.4, -0.2) is 11.8 Å². The second-order valence-corrected chi connectivity index (χ2v) is 46.5. The number of aryl methyl sites for hydroxylation is 3. The molecule has 205 valence electrons. The summed E-state index contributed by atoms with van der Waals surface area (Å²) < 4.78 is 4.47. The average molecular weight is 673 g/mol. The quantitative estimate of drug-likeness (QED) is 0.197. The minimum atomic E-state index is -5.56. The number of hydrogen-bond donors (Lipinski definition) is 1. The third-order valence-electron chi connectivity index (χ3n) is 8.36. The van der Waals surface area contributed by atoms with Gasteiger partial charge in [0, 0.05) is 0 Å². The van der Waals surface area contributed by atoms with E-state index in [9.17, 15) is 4.79 Å². The molecule has 0 spiro atoms. The number of halogens is 2. The Labute approximate surface area is 251 Å². The van der Waals surface area contributed by atoms with E-state index in [0.717, 1.165) is 47.9 Å². The maximum absolute atomic E-state index is 14.5. The third-order valence-corrected chi connectivity index (χ3v) is 43.1. The van der Waals surface area contributed by atoms with Gasteiger partial charge in [-0.2, -0.15) is 0 Å². The van der Waals surface area contributed by atoms with Crippen LogP contribution in [-0.2, 0) is 22.3 Å². The summed E-state index contributed by atoms with van der Waals surface area (Å²) in [5.41, 5.74) is 8.40. The zero-order valence-corrected chi connectivity index (χ0v) is 28.5. The third kappa shape index (κ3) is 5.00. The molecule has 5 aromatic rings. The fourth-order valence-electron chi connectivity index (χ4n) is 6.76. The van der Waals surface area contributed by atoms with Crippen LogP contribution in [0.25, 0.3) is 11.1 Å². The molecule has 0 aliphatic heterocycles. The summed E-state index contributed by atoms with van der Waals surface area (Å²) >= 11 is -5.56. The molecule has 6 rings (SSSR count). The van der Waals surface area contributed by atoms with Crippen LogP contribution in [0.5, 0.6) is 0 Å². The molecule has 6 heteroatoms. The monoisotopic (exact) mass is 670 g/mol. The molecule has 0 aromatic heterocycles. The van der Waals surface area contributed by atoms with Crippen molar-refractivity contribution in [1.82, 2.24) is 3.26 Å². The van der Waals surface area contributed by atoms with E-state index in [4.69, 9.17) is 17.0 Å². The van der Waals surface area contributed by atoms with Crippen LogP contribution in [0, 0.1) is 20.8 Å². The molecule has 0 fully saturated rings. The van der Waals surface area contributed by atoms with Crippen LogP contribution in [0.15, 0.2) is 115 Å². The Morgan fingerprint density at radius 2 is 1.24 bits per heavy atom. The number of carbonyl (C=O) groups is 1. The normalized spacial score (nSPS) is 13.3. The van der Waals surface area contributed by atoms with Crippen molar-refractivity contribution in [1.29, 1.82) is 0 Å². The number of carbonyl (C=O) groups excluding carboxylic acids is 1. The Morgan fingerprint density at radius 3 is 1.85 bits per heavy atom. The first-order valence-electron chi connectivity index (χ1n) is 14.0. The molecule has 0 unspecified atom stereocenters. The van der Waals surface area contributed by atoms with Gasteiger partial charge in [-0.1, -0.05) is 0 Å². The number of hydrogen-bond acceptors (Lipinski definition) is 1. The second kappa shape index (κ2) is 10.8. The van der Waals surface area contributed by atoms with Crippen molar-refractivity contribution in [3.63, 3.8) is 0 Å². The molecule has 1 amide bonds. The molecule has 0 heterocycles. The zero-order chi connectivity index (χ0) is 28.8. The first-order valence-corrected chi connectivity index (χ1v) is 28.7. The van der Waals surface area contributed by atoms with Crippen LogP contribution in [0.2, 0.25) is 0 Å². The number of rotatable bonds is 6. The van der Waals surface area contributed by atoms with Gasteiger partial charge >= 0.3 is 253 Å². The van der Waals surface area contributed by atoms with Crippen molar-refractivity contribution >= 4 is 42.5 Å². The van der Waals surface area contributed by atoms with Gasteiger partial charge in [0.15, 0.2) is 0 Å². The molecule has 0 saturated carbocycles. The number of benzene rings is 5. The summed E-state index contributed by atoms with van der Waals surface area (Å²) in [6.07, 6.45) is 0.744. The van der Waals surface area contributed by atoms with Gasteiger partial charge in [-0.05, 0) is 0 Å². The number of amides is 1. The van der Waals surface area contributed by atoms with Gasteiger partial charge in [0.05, 0.1) is 0 Å². The van der Waals surface area contributed by atoms with Gasteiger partial charge in [-0.15, -0.1) is 0 Å². The molecule has 1 N–H and O–H groups in total. The van der Waals surface area contributed by atoms with E-state index in [0.29, 0.717) is 5.56 Å². The van der Waals surface area contributed by atoms with Crippen LogP contribution >= 0.6 is 17.0 Å². The van der Waals surface area contributed by atoms with E-state index in [1.54, 1.807) is 0 Å². The second-order valence-electron chi connectivity index (χ2n) is 11.2. The summed E-state index contributed by atoms with van der Waals surface area (Å²) in [5, 5.41) is 2.25. The molecule has 0 radical (unpaired) electrons. The van der Waals surface area contributed by atoms with Crippen molar-refractivity contribution in [2.24, 2.45) is 0 Å². The standard InChI is InChI=1S/C13H9.C12H11Si.C10H13NO.2ClH.Zr/c1-3-7-12-10(5-1)9-11-6-2-4-8-13(11)12;1-3-7-11(8-4-1)13-12-9-5-2-6-10-12;1-6-4-7(2)9(10(11)12)8(3)5-6;;;/h1-5,7-8H,9H2;1-10,13H;4-5H,1-3H3,(H2,11,12);2*1H;/q;;;;;+3/p-3. The molecule has 1 aliphatic carbocycles. The van der Waals surface area contributed by atoms with Gasteiger partial charge in [0.25, 0.3) is 0 Å². The molecule has 5 aromatic carbocycles. The van der Waals surface area contributed by atoms with Crippen LogP contribution < -0.4 is 16.9 Å². The van der Waals surface area contributed by atoms with E-state index in [1.165, 1.54) is 11.1 Å². The van der Waals surface area contributed by atoms with Crippen LogP contribution in [0.4, 0.5) is 0 Å². The van der Waals surface area contributed by atoms with E-state index in [-0.39, 0.29) is 5.91 Å². The summed E-state index contributed by atoms with van der Waals surface area (Å²) in [6, 6.07) is 39.6. The molecule has 0 saturated heterocycles. The van der Waals surface area contributed by atoms with Gasteiger partial charge < -0.3 is 0 Å². The van der Waals surface area contributed by atoms with Crippen molar-refractivity contribution < 1.29 is 20.6 Å². The van der Waals surface area contributed by atoms with Gasteiger partial charge in [-0.25, -0.2) is 0 Å². The summed E-state index contributed by atoms with van der Waals surface area (Å²) in [5.74, 6) is -2.65. The Hall–Kier alpha value is -2.75. The molecular formula is C35H32Cl2NOSiZr. The maximum atomic E-state index is 14.5. The van der Waals surface area contributed by atoms with E-state index >= 15 is 0 Å². The molecule has 1 aliphatic rings. The average Bonchev–Trinajstić information content (AvgIpc) is 3.32. The topological polar surface area (TPSA) is 29.1 Å². The first-order chi connectivity index (χ1) is 19.7. The fourth-order valence-corrected chi connectivity index (χ4v) is 43.8. The Balaban J connectivity index is 1.64.